The lowest BCUT2D eigenvalue weighted by Gasteiger charge is -2.21. The lowest BCUT2D eigenvalue weighted by Crippen LogP contribution is -2.30. The van der Waals surface area contributed by atoms with E-state index in [-0.39, 0.29) is 25.9 Å². The van der Waals surface area contributed by atoms with E-state index in [4.69, 9.17) is 23.3 Å². The molecule has 0 fully saturated rings. The van der Waals surface area contributed by atoms with Crippen molar-refractivity contribution >= 4 is 25.7 Å². The smallest absolute Gasteiger partial charge is 0.462 e. The molecule has 0 saturated carbocycles. The number of hydrogen-bond acceptors (Lipinski definition) is 10. The zero-order valence-electron chi connectivity index (χ0n) is 46.4. The van der Waals surface area contributed by atoms with E-state index < -0.39 is 57.8 Å². The van der Waals surface area contributed by atoms with E-state index in [9.17, 15) is 28.9 Å². The molecule has 0 aromatic rings. The maximum Gasteiger partial charge on any atom is 0.472 e. The molecule has 0 saturated heterocycles. The molecule has 12 heteroatoms. The van der Waals surface area contributed by atoms with Crippen molar-refractivity contribution in [3.63, 3.8) is 0 Å². The van der Waals surface area contributed by atoms with E-state index in [2.05, 4.69) is 69.4 Å². The minimum absolute atomic E-state index is 0.153. The summed E-state index contributed by atoms with van der Waals surface area (Å²) in [5.74, 6) is -1.48. The molecule has 420 valence electrons. The highest BCUT2D eigenvalue weighted by atomic mass is 31.2. The van der Waals surface area contributed by atoms with Gasteiger partial charge < -0.3 is 24.2 Å². The zero-order valence-corrected chi connectivity index (χ0v) is 47.3. The molecule has 0 bridgehead atoms. The van der Waals surface area contributed by atoms with Crippen LogP contribution in [0.15, 0.2) is 48.6 Å². The molecule has 0 rings (SSSR count). The van der Waals surface area contributed by atoms with Gasteiger partial charge >= 0.3 is 25.7 Å². The predicted octanol–water partition coefficient (Wildman–Crippen LogP) is 17.4. The Morgan fingerprint density at radius 2 is 0.708 bits per heavy atom. The SMILES string of the molecule is CCC/C=C\C/C=C\CCCCCCCC(=O)OC(CO)COP(=O)(O)OCC(COC(=O)CCCCCCCCCCCCCCCCCCC)OC(=O)CCCCCCC/C=C\C/C=C\CCCCC. The van der Waals surface area contributed by atoms with Crippen molar-refractivity contribution in [1.29, 1.82) is 0 Å². The van der Waals surface area contributed by atoms with Crippen molar-refractivity contribution < 1.29 is 52.2 Å². The fourth-order valence-corrected chi connectivity index (χ4v) is 8.97. The number of aliphatic hydroxyl groups is 1. The van der Waals surface area contributed by atoms with Crippen molar-refractivity contribution in [2.45, 2.75) is 290 Å². The molecular formula is C60H109O11P. The Morgan fingerprint density at radius 3 is 1.11 bits per heavy atom. The first-order chi connectivity index (χ1) is 35.2. The Morgan fingerprint density at radius 1 is 0.389 bits per heavy atom. The first-order valence-corrected chi connectivity index (χ1v) is 31.0. The molecule has 0 aliphatic carbocycles. The molecule has 0 heterocycles. The summed E-state index contributed by atoms with van der Waals surface area (Å²) in [5, 5.41) is 9.80. The third-order valence-electron chi connectivity index (χ3n) is 12.7. The van der Waals surface area contributed by atoms with Crippen molar-refractivity contribution in [3.8, 4) is 0 Å². The van der Waals surface area contributed by atoms with Crippen LogP contribution in [-0.4, -0.2) is 66.5 Å². The van der Waals surface area contributed by atoms with Gasteiger partial charge in [0.15, 0.2) is 6.10 Å². The highest BCUT2D eigenvalue weighted by Crippen LogP contribution is 2.43. The number of carbonyl (C=O) groups excluding carboxylic acids is 3. The third-order valence-corrected chi connectivity index (χ3v) is 13.7. The number of allylic oxidation sites excluding steroid dienone is 8. The third kappa shape index (κ3) is 52.3. The summed E-state index contributed by atoms with van der Waals surface area (Å²) in [6, 6.07) is 0. The van der Waals surface area contributed by atoms with Crippen LogP contribution >= 0.6 is 7.82 Å². The molecule has 11 nitrogen and oxygen atoms in total. The van der Waals surface area contributed by atoms with Gasteiger partial charge in [-0.2, -0.15) is 0 Å². The maximum atomic E-state index is 12.9. The van der Waals surface area contributed by atoms with Gasteiger partial charge in [-0.25, -0.2) is 4.57 Å². The maximum absolute atomic E-state index is 12.9. The largest absolute Gasteiger partial charge is 0.472 e. The first kappa shape index (κ1) is 69.4. The van der Waals surface area contributed by atoms with Gasteiger partial charge in [-0.05, 0) is 77.0 Å². The second kappa shape index (κ2) is 54.7. The van der Waals surface area contributed by atoms with E-state index in [1.165, 1.54) is 109 Å². The van der Waals surface area contributed by atoms with Crippen LogP contribution in [0.1, 0.15) is 278 Å². The van der Waals surface area contributed by atoms with Crippen LogP contribution in [0, 0.1) is 0 Å². The number of ether oxygens (including phenoxy) is 3. The minimum atomic E-state index is -4.75. The van der Waals surface area contributed by atoms with Gasteiger partial charge in [0, 0.05) is 19.3 Å². The first-order valence-electron chi connectivity index (χ1n) is 29.5. The van der Waals surface area contributed by atoms with Crippen LogP contribution in [-0.2, 0) is 42.2 Å². The molecule has 0 radical (unpaired) electrons. The molecule has 3 unspecified atom stereocenters. The Labute approximate surface area is 441 Å². The molecule has 2 N–H and O–H groups in total. The van der Waals surface area contributed by atoms with Gasteiger partial charge in [0.1, 0.15) is 12.7 Å². The predicted molar refractivity (Wildman–Crippen MR) is 298 cm³/mol. The second-order valence-electron chi connectivity index (χ2n) is 19.8. The summed E-state index contributed by atoms with van der Waals surface area (Å²) < 4.78 is 39.5. The van der Waals surface area contributed by atoms with Gasteiger partial charge in [-0.15, -0.1) is 0 Å². The van der Waals surface area contributed by atoms with Crippen LogP contribution in [0.25, 0.3) is 0 Å². The van der Waals surface area contributed by atoms with Crippen molar-refractivity contribution in [1.82, 2.24) is 0 Å². The molecule has 0 aliphatic rings. The fraction of sp³-hybridized carbons (Fsp3) is 0.817. The monoisotopic (exact) mass is 1040 g/mol. The molecule has 0 aliphatic heterocycles. The van der Waals surface area contributed by atoms with Gasteiger partial charge in [0.2, 0.25) is 0 Å². The van der Waals surface area contributed by atoms with Gasteiger partial charge in [0.25, 0.3) is 0 Å². The summed E-state index contributed by atoms with van der Waals surface area (Å²) in [5.41, 5.74) is 0. The summed E-state index contributed by atoms with van der Waals surface area (Å²) >= 11 is 0. The lowest BCUT2D eigenvalue weighted by atomic mass is 10.0. The molecule has 0 spiro atoms. The number of hydrogen-bond donors (Lipinski definition) is 2. The van der Waals surface area contributed by atoms with Crippen molar-refractivity contribution in [2.24, 2.45) is 0 Å². The molecular weight excluding hydrogens is 928 g/mol. The highest BCUT2D eigenvalue weighted by molar-refractivity contribution is 7.47. The van der Waals surface area contributed by atoms with Crippen LogP contribution < -0.4 is 0 Å². The van der Waals surface area contributed by atoms with Gasteiger partial charge in [0.05, 0.1) is 19.8 Å². The number of esters is 3. The standard InChI is InChI=1S/C60H109O11P/c1-4-7-10-13-16-19-22-25-27-28-30-32-34-37-40-43-46-49-58(62)67-53-57(71-60(64)51-48-45-42-39-36-33-29-26-23-20-17-14-11-8-5-2)55-69-72(65,66)68-54-56(52-61)70-59(63)50-47-44-41-38-35-31-24-21-18-15-12-9-6-3/h12,15,17,20-21,24,26,29,56-57,61H,4-11,13-14,16,18-19,22-23,25,27-28,30-55H2,1-3H3,(H,65,66)/b15-12-,20-17-,24-21-,29-26-. The quantitative estimate of drug-likeness (QED) is 0.0197. The van der Waals surface area contributed by atoms with E-state index in [1.807, 2.05) is 0 Å². The fourth-order valence-electron chi connectivity index (χ4n) is 8.19. The van der Waals surface area contributed by atoms with Crippen molar-refractivity contribution in [2.75, 3.05) is 26.4 Å². The van der Waals surface area contributed by atoms with E-state index >= 15 is 0 Å². The topological polar surface area (TPSA) is 155 Å². The second-order valence-corrected chi connectivity index (χ2v) is 21.3. The number of unbranched alkanes of at least 4 members (excludes halogenated alkanes) is 30. The zero-order chi connectivity index (χ0) is 52.7. The van der Waals surface area contributed by atoms with Crippen LogP contribution in [0.2, 0.25) is 0 Å². The molecule has 3 atom stereocenters. The van der Waals surface area contributed by atoms with Gasteiger partial charge in [-0.1, -0.05) is 230 Å². The number of rotatable bonds is 55. The van der Waals surface area contributed by atoms with E-state index in [1.54, 1.807) is 0 Å². The Kier molecular flexibility index (Phi) is 52.7. The Balaban J connectivity index is 4.72. The molecule has 0 amide bonds. The summed E-state index contributed by atoms with van der Waals surface area (Å²) in [7, 11) is -4.75. The van der Waals surface area contributed by atoms with Crippen LogP contribution in [0.5, 0.6) is 0 Å². The van der Waals surface area contributed by atoms with E-state index in [0.717, 1.165) is 109 Å². The van der Waals surface area contributed by atoms with E-state index in [0.29, 0.717) is 19.3 Å². The van der Waals surface area contributed by atoms with Crippen LogP contribution in [0.4, 0.5) is 0 Å². The average Bonchev–Trinajstić information content (AvgIpc) is 3.37. The molecule has 72 heavy (non-hydrogen) atoms. The highest BCUT2D eigenvalue weighted by Gasteiger charge is 2.28. The van der Waals surface area contributed by atoms with Crippen LogP contribution in [0.3, 0.4) is 0 Å². The normalized spacial score (nSPS) is 13.7. The average molecular weight is 1040 g/mol. The number of phosphoric acid groups is 1. The Bertz CT molecular complexity index is 1400. The number of aliphatic hydroxyl groups excluding tert-OH is 1. The number of carbonyl (C=O) groups is 3. The number of phosphoric ester groups is 1. The molecule has 0 aromatic carbocycles. The van der Waals surface area contributed by atoms with Gasteiger partial charge in [-0.3, -0.25) is 23.4 Å². The summed E-state index contributed by atoms with van der Waals surface area (Å²) in [4.78, 5) is 48.5. The summed E-state index contributed by atoms with van der Waals surface area (Å²) in [6.07, 6.45) is 57.8. The Hall–Kier alpha value is -2.56. The van der Waals surface area contributed by atoms with Crippen molar-refractivity contribution in [3.05, 3.63) is 48.6 Å². The molecule has 0 aromatic heterocycles. The minimum Gasteiger partial charge on any atom is -0.462 e. The lowest BCUT2D eigenvalue weighted by molar-refractivity contribution is -0.161. The summed E-state index contributed by atoms with van der Waals surface area (Å²) in [6.45, 7) is 4.56.